The van der Waals surface area contributed by atoms with Gasteiger partial charge in [-0.15, -0.1) is 0 Å². The minimum Gasteiger partial charge on any atom is -0.489 e. The van der Waals surface area contributed by atoms with Crippen molar-refractivity contribution < 1.29 is 19.0 Å². The summed E-state index contributed by atoms with van der Waals surface area (Å²) in [6, 6.07) is 17.7. The van der Waals surface area contributed by atoms with Crippen LogP contribution < -0.4 is 10.1 Å². The number of benzene rings is 2. The zero-order chi connectivity index (χ0) is 17.0. The Labute approximate surface area is 142 Å². The van der Waals surface area contributed by atoms with Crippen LogP contribution in [0.25, 0.3) is 0 Å². The maximum absolute atomic E-state index is 11.6. The number of carbonyl (C=O) groups is 1. The number of hydrogen-bond acceptors (Lipinski definition) is 4. The minimum absolute atomic E-state index is 0.0433. The fraction of sp³-hybridized carbons (Fsp3) is 0.316. The molecule has 0 unspecified atom stereocenters. The van der Waals surface area contributed by atoms with Crippen LogP contribution in [0, 0.1) is 0 Å². The van der Waals surface area contributed by atoms with Gasteiger partial charge in [0.2, 0.25) is 5.91 Å². The van der Waals surface area contributed by atoms with E-state index in [0.717, 1.165) is 16.9 Å². The van der Waals surface area contributed by atoms with Gasteiger partial charge in [0, 0.05) is 13.7 Å². The molecule has 0 saturated heterocycles. The summed E-state index contributed by atoms with van der Waals surface area (Å²) in [4.78, 5) is 11.6. The summed E-state index contributed by atoms with van der Waals surface area (Å²) in [5.41, 5.74) is 2.13. The molecule has 5 heteroatoms. The van der Waals surface area contributed by atoms with Gasteiger partial charge in [0.1, 0.15) is 19.0 Å². The number of nitrogens with one attached hydrogen (secondary N) is 1. The van der Waals surface area contributed by atoms with Gasteiger partial charge in [-0.1, -0.05) is 42.5 Å². The summed E-state index contributed by atoms with van der Waals surface area (Å²) in [5.74, 6) is 0.660. The van der Waals surface area contributed by atoms with Gasteiger partial charge in [-0.3, -0.25) is 4.79 Å². The predicted octanol–water partition coefficient (Wildman–Crippen LogP) is 2.54. The first-order chi connectivity index (χ1) is 11.8. The summed E-state index contributed by atoms with van der Waals surface area (Å²) >= 11 is 0. The van der Waals surface area contributed by atoms with Crippen molar-refractivity contribution in [1.29, 1.82) is 0 Å². The number of carbonyl (C=O) groups excluding carboxylic acids is 1. The van der Waals surface area contributed by atoms with Crippen LogP contribution in [0.2, 0.25) is 0 Å². The normalized spacial score (nSPS) is 10.4. The molecule has 0 atom stereocenters. The first-order valence-corrected chi connectivity index (χ1v) is 7.87. The molecule has 0 heterocycles. The van der Waals surface area contributed by atoms with Crippen LogP contribution in [-0.4, -0.2) is 32.8 Å². The maximum Gasteiger partial charge on any atom is 0.246 e. The van der Waals surface area contributed by atoms with Crippen LogP contribution >= 0.6 is 0 Å². The zero-order valence-corrected chi connectivity index (χ0v) is 13.9. The molecule has 0 fully saturated rings. The van der Waals surface area contributed by atoms with Crippen molar-refractivity contribution in [2.75, 3.05) is 26.9 Å². The third-order valence-electron chi connectivity index (χ3n) is 3.33. The Morgan fingerprint density at radius 2 is 1.71 bits per heavy atom. The van der Waals surface area contributed by atoms with E-state index >= 15 is 0 Å². The second-order valence-corrected chi connectivity index (χ2v) is 5.24. The average molecular weight is 329 g/mol. The standard InChI is InChI=1S/C19H23NO4/c1-22-11-12-23-15-19(21)20-13-16-7-9-18(10-8-16)24-14-17-5-3-2-4-6-17/h2-10H,11-15H2,1H3,(H,20,21). The maximum atomic E-state index is 11.6. The van der Waals surface area contributed by atoms with Crippen LogP contribution in [0.5, 0.6) is 5.75 Å². The largest absolute Gasteiger partial charge is 0.489 e. The molecular formula is C19H23NO4. The molecule has 2 aromatic rings. The highest BCUT2D eigenvalue weighted by Gasteiger charge is 2.02. The Balaban J connectivity index is 1.69. The number of amides is 1. The van der Waals surface area contributed by atoms with Gasteiger partial charge in [-0.2, -0.15) is 0 Å². The van der Waals surface area contributed by atoms with E-state index in [9.17, 15) is 4.79 Å². The average Bonchev–Trinajstić information content (AvgIpc) is 2.63. The van der Waals surface area contributed by atoms with Crippen LogP contribution in [-0.2, 0) is 27.4 Å². The van der Waals surface area contributed by atoms with E-state index in [-0.39, 0.29) is 12.5 Å². The van der Waals surface area contributed by atoms with Gasteiger partial charge in [-0.25, -0.2) is 0 Å². The van der Waals surface area contributed by atoms with E-state index in [2.05, 4.69) is 5.32 Å². The first kappa shape index (κ1) is 18.0. The summed E-state index contributed by atoms with van der Waals surface area (Å²) in [6.45, 7) is 1.94. The number of rotatable bonds is 10. The molecule has 1 amide bonds. The molecule has 128 valence electrons. The van der Waals surface area contributed by atoms with Crippen LogP contribution in [0.15, 0.2) is 54.6 Å². The molecule has 0 aliphatic rings. The lowest BCUT2D eigenvalue weighted by Gasteiger charge is -2.09. The fourth-order valence-electron chi connectivity index (χ4n) is 2.00. The third kappa shape index (κ3) is 6.81. The SMILES string of the molecule is COCCOCC(=O)NCc1ccc(OCc2ccccc2)cc1. The Morgan fingerprint density at radius 1 is 0.958 bits per heavy atom. The number of ether oxygens (including phenoxy) is 3. The molecule has 5 nitrogen and oxygen atoms in total. The number of methoxy groups -OCH3 is 1. The molecule has 1 N–H and O–H groups in total. The third-order valence-corrected chi connectivity index (χ3v) is 3.33. The van der Waals surface area contributed by atoms with Crippen molar-refractivity contribution in [3.05, 3.63) is 65.7 Å². The van der Waals surface area contributed by atoms with Crippen LogP contribution in [0.4, 0.5) is 0 Å². The molecule has 0 radical (unpaired) electrons. The van der Waals surface area contributed by atoms with Gasteiger partial charge in [0.25, 0.3) is 0 Å². The molecule has 2 rings (SSSR count). The number of hydrogen-bond donors (Lipinski definition) is 1. The van der Waals surface area contributed by atoms with Crippen molar-refractivity contribution >= 4 is 5.91 Å². The lowest BCUT2D eigenvalue weighted by atomic mass is 10.2. The Kier molecular flexibility index (Phi) is 7.80. The molecule has 0 spiro atoms. The predicted molar refractivity (Wildman–Crippen MR) is 91.8 cm³/mol. The van der Waals surface area contributed by atoms with Crippen LogP contribution in [0.3, 0.4) is 0 Å². The zero-order valence-electron chi connectivity index (χ0n) is 13.9. The van der Waals surface area contributed by atoms with E-state index in [0.29, 0.717) is 26.4 Å². The van der Waals surface area contributed by atoms with Gasteiger partial charge in [-0.05, 0) is 23.3 Å². The molecule has 0 bridgehead atoms. The van der Waals surface area contributed by atoms with Crippen LogP contribution in [0.1, 0.15) is 11.1 Å². The minimum atomic E-state index is -0.143. The summed E-state index contributed by atoms with van der Waals surface area (Å²) in [6.07, 6.45) is 0. The second kappa shape index (κ2) is 10.4. The van der Waals surface area contributed by atoms with Gasteiger partial charge < -0.3 is 19.5 Å². The highest BCUT2D eigenvalue weighted by Crippen LogP contribution is 2.14. The van der Waals surface area contributed by atoms with Crippen molar-refractivity contribution in [1.82, 2.24) is 5.32 Å². The Morgan fingerprint density at radius 3 is 2.42 bits per heavy atom. The van der Waals surface area contributed by atoms with Gasteiger partial charge in [0.15, 0.2) is 0 Å². The monoisotopic (exact) mass is 329 g/mol. The van der Waals surface area contributed by atoms with Crippen molar-refractivity contribution in [3.8, 4) is 5.75 Å². The molecule has 0 saturated carbocycles. The quantitative estimate of drug-likeness (QED) is 0.681. The van der Waals surface area contributed by atoms with Gasteiger partial charge >= 0.3 is 0 Å². The molecular weight excluding hydrogens is 306 g/mol. The molecule has 2 aromatic carbocycles. The Hall–Kier alpha value is -2.37. The lowest BCUT2D eigenvalue weighted by Crippen LogP contribution is -2.27. The summed E-state index contributed by atoms with van der Waals surface area (Å²) < 4.78 is 15.7. The second-order valence-electron chi connectivity index (χ2n) is 5.24. The van der Waals surface area contributed by atoms with Gasteiger partial charge in [0.05, 0.1) is 13.2 Å². The molecule has 24 heavy (non-hydrogen) atoms. The van der Waals surface area contributed by atoms with Crippen molar-refractivity contribution in [3.63, 3.8) is 0 Å². The van der Waals surface area contributed by atoms with E-state index < -0.39 is 0 Å². The summed E-state index contributed by atoms with van der Waals surface area (Å²) in [5, 5.41) is 2.81. The van der Waals surface area contributed by atoms with Crippen molar-refractivity contribution in [2.24, 2.45) is 0 Å². The van der Waals surface area contributed by atoms with E-state index in [1.54, 1.807) is 7.11 Å². The Bertz CT molecular complexity index is 599. The smallest absolute Gasteiger partial charge is 0.246 e. The first-order valence-electron chi connectivity index (χ1n) is 7.87. The van der Waals surface area contributed by atoms with E-state index in [4.69, 9.17) is 14.2 Å². The van der Waals surface area contributed by atoms with Crippen molar-refractivity contribution in [2.45, 2.75) is 13.2 Å². The topological polar surface area (TPSA) is 56.8 Å². The summed E-state index contributed by atoms with van der Waals surface area (Å²) in [7, 11) is 1.59. The van der Waals surface area contributed by atoms with E-state index in [1.807, 2.05) is 54.6 Å². The highest BCUT2D eigenvalue weighted by molar-refractivity contribution is 5.77. The fourth-order valence-corrected chi connectivity index (χ4v) is 2.00. The lowest BCUT2D eigenvalue weighted by molar-refractivity contribution is -0.126. The molecule has 0 aromatic heterocycles. The molecule has 0 aliphatic carbocycles. The van der Waals surface area contributed by atoms with E-state index in [1.165, 1.54) is 0 Å². The molecule has 0 aliphatic heterocycles. The highest BCUT2D eigenvalue weighted by atomic mass is 16.5.